The van der Waals surface area contributed by atoms with Crippen molar-refractivity contribution in [2.45, 2.75) is 38.3 Å². The number of carboxylic acid groups (broad SMARTS) is 1. The Morgan fingerprint density at radius 3 is 2.83 bits per heavy atom. The van der Waals surface area contributed by atoms with Gasteiger partial charge in [0.15, 0.2) is 0 Å². The van der Waals surface area contributed by atoms with Crippen LogP contribution in [-0.2, 0) is 9.59 Å². The molecular formula is C12H17N3O3. The van der Waals surface area contributed by atoms with Gasteiger partial charge in [-0.05, 0) is 32.3 Å². The third kappa shape index (κ3) is 2.37. The van der Waals surface area contributed by atoms with Gasteiger partial charge < -0.3 is 10.0 Å². The monoisotopic (exact) mass is 251 g/mol. The summed E-state index contributed by atoms with van der Waals surface area (Å²) in [5, 5.41) is 13.2. The van der Waals surface area contributed by atoms with Crippen LogP contribution in [0.2, 0.25) is 0 Å². The quantitative estimate of drug-likeness (QED) is 0.866. The van der Waals surface area contributed by atoms with Crippen LogP contribution >= 0.6 is 0 Å². The number of carboxylic acids is 1. The van der Waals surface area contributed by atoms with Gasteiger partial charge in [0.25, 0.3) is 0 Å². The van der Waals surface area contributed by atoms with E-state index in [1.165, 1.54) is 4.90 Å². The molecule has 0 radical (unpaired) electrons. The van der Waals surface area contributed by atoms with E-state index < -0.39 is 18.1 Å². The van der Waals surface area contributed by atoms with Crippen LogP contribution in [0, 0.1) is 0 Å². The zero-order valence-corrected chi connectivity index (χ0v) is 10.3. The minimum absolute atomic E-state index is 0.175. The standard InChI is InChI=1S/C12H17N3O3/c1-9(15-8-4-6-13-15)11(16)14-7-3-2-5-10(14)12(17)18/h4,6,8-10H,2-3,5,7H2,1H3,(H,17,18)/t9?,10-/m1/s1. The van der Waals surface area contributed by atoms with E-state index in [1.54, 1.807) is 30.1 Å². The highest BCUT2D eigenvalue weighted by molar-refractivity contribution is 5.86. The topological polar surface area (TPSA) is 75.4 Å². The maximum absolute atomic E-state index is 12.3. The van der Waals surface area contributed by atoms with Crippen molar-refractivity contribution >= 4 is 11.9 Å². The fraction of sp³-hybridized carbons (Fsp3) is 0.583. The van der Waals surface area contributed by atoms with Gasteiger partial charge in [0.1, 0.15) is 12.1 Å². The van der Waals surface area contributed by atoms with Crippen LogP contribution in [0.3, 0.4) is 0 Å². The molecule has 1 unspecified atom stereocenters. The molecule has 0 bridgehead atoms. The molecule has 1 amide bonds. The summed E-state index contributed by atoms with van der Waals surface area (Å²) < 4.78 is 1.55. The van der Waals surface area contributed by atoms with Gasteiger partial charge in [-0.15, -0.1) is 0 Å². The van der Waals surface area contributed by atoms with Gasteiger partial charge in [0.05, 0.1) is 0 Å². The molecule has 6 heteroatoms. The van der Waals surface area contributed by atoms with Crippen LogP contribution in [-0.4, -0.2) is 44.3 Å². The Kier molecular flexibility index (Phi) is 3.64. The van der Waals surface area contributed by atoms with Gasteiger partial charge in [-0.2, -0.15) is 5.10 Å². The summed E-state index contributed by atoms with van der Waals surface area (Å²) in [5.41, 5.74) is 0. The molecule has 0 saturated carbocycles. The molecular weight excluding hydrogens is 234 g/mol. The number of carbonyl (C=O) groups is 2. The molecule has 1 fully saturated rings. The van der Waals surface area contributed by atoms with E-state index in [-0.39, 0.29) is 5.91 Å². The van der Waals surface area contributed by atoms with Gasteiger partial charge in [0.2, 0.25) is 5.91 Å². The van der Waals surface area contributed by atoms with Crippen LogP contribution in [0.25, 0.3) is 0 Å². The number of aromatic nitrogens is 2. The number of hydrogen-bond donors (Lipinski definition) is 1. The first-order valence-electron chi connectivity index (χ1n) is 6.13. The molecule has 1 aliphatic rings. The summed E-state index contributed by atoms with van der Waals surface area (Å²) in [6.45, 7) is 2.25. The third-order valence-electron chi connectivity index (χ3n) is 3.35. The molecule has 0 spiro atoms. The lowest BCUT2D eigenvalue weighted by atomic mass is 10.0. The molecule has 6 nitrogen and oxygen atoms in total. The summed E-state index contributed by atoms with van der Waals surface area (Å²) in [6, 6.07) is 0.596. The summed E-state index contributed by atoms with van der Waals surface area (Å²) in [4.78, 5) is 24.9. The first-order chi connectivity index (χ1) is 8.61. The van der Waals surface area contributed by atoms with Crippen molar-refractivity contribution in [1.82, 2.24) is 14.7 Å². The molecule has 1 aliphatic heterocycles. The maximum atomic E-state index is 12.3. The lowest BCUT2D eigenvalue weighted by Gasteiger charge is -2.34. The molecule has 2 atom stereocenters. The minimum Gasteiger partial charge on any atom is -0.480 e. The highest BCUT2D eigenvalue weighted by Gasteiger charge is 2.34. The normalized spacial score (nSPS) is 21.6. The van der Waals surface area contributed by atoms with Crippen molar-refractivity contribution in [1.29, 1.82) is 0 Å². The second-order valence-corrected chi connectivity index (χ2v) is 4.54. The van der Waals surface area contributed by atoms with Crippen molar-refractivity contribution in [2.75, 3.05) is 6.54 Å². The molecule has 1 aromatic rings. The molecule has 98 valence electrons. The number of hydrogen-bond acceptors (Lipinski definition) is 3. The third-order valence-corrected chi connectivity index (χ3v) is 3.35. The molecule has 0 aliphatic carbocycles. The lowest BCUT2D eigenvalue weighted by molar-refractivity contribution is -0.153. The Labute approximate surface area is 105 Å². The smallest absolute Gasteiger partial charge is 0.326 e. The zero-order chi connectivity index (χ0) is 13.1. The highest BCUT2D eigenvalue weighted by Crippen LogP contribution is 2.21. The maximum Gasteiger partial charge on any atom is 0.326 e. The lowest BCUT2D eigenvalue weighted by Crippen LogP contribution is -2.50. The Balaban J connectivity index is 2.13. The van der Waals surface area contributed by atoms with Gasteiger partial charge in [-0.1, -0.05) is 0 Å². The predicted octanol–water partition coefficient (Wildman–Crippen LogP) is 0.910. The van der Waals surface area contributed by atoms with Gasteiger partial charge in [0, 0.05) is 18.9 Å². The molecule has 2 heterocycles. The number of likely N-dealkylation sites (tertiary alicyclic amines) is 1. The van der Waals surface area contributed by atoms with Gasteiger partial charge in [-0.3, -0.25) is 9.48 Å². The first-order valence-corrected chi connectivity index (χ1v) is 6.13. The Hall–Kier alpha value is -1.85. The van der Waals surface area contributed by atoms with Crippen LogP contribution in [0.4, 0.5) is 0 Å². The second-order valence-electron chi connectivity index (χ2n) is 4.54. The zero-order valence-electron chi connectivity index (χ0n) is 10.3. The van der Waals surface area contributed by atoms with Crippen molar-refractivity contribution in [3.8, 4) is 0 Å². The summed E-state index contributed by atoms with van der Waals surface area (Å²) in [5.74, 6) is -1.10. The number of rotatable bonds is 3. The Morgan fingerprint density at radius 2 is 2.22 bits per heavy atom. The minimum atomic E-state index is -0.921. The molecule has 1 aromatic heterocycles. The molecule has 1 N–H and O–H groups in total. The van der Waals surface area contributed by atoms with E-state index in [0.29, 0.717) is 13.0 Å². The number of aliphatic carboxylic acids is 1. The van der Waals surface area contributed by atoms with Gasteiger partial charge >= 0.3 is 5.97 Å². The highest BCUT2D eigenvalue weighted by atomic mass is 16.4. The molecule has 0 aromatic carbocycles. The number of amides is 1. The van der Waals surface area contributed by atoms with E-state index >= 15 is 0 Å². The van der Waals surface area contributed by atoms with E-state index in [2.05, 4.69) is 5.10 Å². The summed E-state index contributed by atoms with van der Waals surface area (Å²) in [6.07, 6.45) is 5.57. The average Bonchev–Trinajstić information content (AvgIpc) is 2.90. The Bertz CT molecular complexity index is 430. The van der Waals surface area contributed by atoms with Crippen molar-refractivity contribution in [3.05, 3.63) is 18.5 Å². The van der Waals surface area contributed by atoms with Crippen molar-refractivity contribution in [2.24, 2.45) is 0 Å². The van der Waals surface area contributed by atoms with Crippen LogP contribution in [0.1, 0.15) is 32.2 Å². The van der Waals surface area contributed by atoms with Crippen molar-refractivity contribution < 1.29 is 14.7 Å². The van der Waals surface area contributed by atoms with E-state index in [1.807, 2.05) is 0 Å². The van der Waals surface area contributed by atoms with Crippen molar-refractivity contribution in [3.63, 3.8) is 0 Å². The first kappa shape index (κ1) is 12.6. The largest absolute Gasteiger partial charge is 0.480 e. The summed E-state index contributed by atoms with van der Waals surface area (Å²) in [7, 11) is 0. The second kappa shape index (κ2) is 5.20. The molecule has 18 heavy (non-hydrogen) atoms. The number of carbonyl (C=O) groups excluding carboxylic acids is 1. The fourth-order valence-corrected chi connectivity index (χ4v) is 2.31. The van der Waals surface area contributed by atoms with E-state index in [9.17, 15) is 9.59 Å². The summed E-state index contributed by atoms with van der Waals surface area (Å²) >= 11 is 0. The SMILES string of the molecule is CC(C(=O)N1CCCC[C@@H]1C(=O)O)n1cccn1. The number of piperidine rings is 1. The van der Waals surface area contributed by atoms with Crippen LogP contribution < -0.4 is 0 Å². The predicted molar refractivity (Wildman–Crippen MR) is 63.9 cm³/mol. The van der Waals surface area contributed by atoms with E-state index in [0.717, 1.165) is 12.8 Å². The number of nitrogens with zero attached hydrogens (tertiary/aromatic N) is 3. The molecule has 1 saturated heterocycles. The van der Waals surface area contributed by atoms with E-state index in [4.69, 9.17) is 5.11 Å². The fourth-order valence-electron chi connectivity index (χ4n) is 2.31. The Morgan fingerprint density at radius 1 is 1.44 bits per heavy atom. The molecule has 2 rings (SSSR count). The average molecular weight is 251 g/mol. The van der Waals surface area contributed by atoms with Crippen LogP contribution in [0.15, 0.2) is 18.5 Å². The van der Waals surface area contributed by atoms with Gasteiger partial charge in [-0.25, -0.2) is 4.79 Å². The van der Waals surface area contributed by atoms with Crippen LogP contribution in [0.5, 0.6) is 0 Å².